The van der Waals surface area contributed by atoms with Crippen LogP contribution in [0.5, 0.6) is 0 Å². The molecule has 50 heavy (non-hydrogen) atoms. The fourth-order valence-electron chi connectivity index (χ4n) is 8.38. The second kappa shape index (κ2) is 14.9. The minimum absolute atomic E-state index is 0.0258. The smallest absolute Gasteiger partial charge is 0.253 e. The zero-order valence-electron chi connectivity index (χ0n) is 28.6. The van der Waals surface area contributed by atoms with E-state index in [-0.39, 0.29) is 36.1 Å². The van der Waals surface area contributed by atoms with Gasteiger partial charge in [-0.25, -0.2) is 0 Å². The average Bonchev–Trinajstić information content (AvgIpc) is 3.17. The SMILES string of the molecule is N#Cc1ccc(C(C(=O)NCc2ccc(C(=O)N3CCCCC3)cc2)N2C(=O)[C@@H]3Cc4ccccc4CN3C(=O)[C@@H]2CC2CCCCC2)cc1. The third-order valence-electron chi connectivity index (χ3n) is 11.2. The van der Waals surface area contributed by atoms with Gasteiger partial charge in [-0.05, 0) is 78.1 Å². The molecule has 0 aromatic heterocycles. The molecule has 1 aliphatic carbocycles. The second-order valence-corrected chi connectivity index (χ2v) is 14.4. The van der Waals surface area contributed by atoms with Crippen molar-refractivity contribution in [3.63, 3.8) is 0 Å². The number of fused-ring (bicyclic) bond motifs is 2. The van der Waals surface area contributed by atoms with Gasteiger partial charge in [-0.1, -0.05) is 80.6 Å². The van der Waals surface area contributed by atoms with Crippen molar-refractivity contribution in [1.29, 1.82) is 5.26 Å². The molecule has 1 N–H and O–H groups in total. The lowest BCUT2D eigenvalue weighted by Gasteiger charge is -2.50. The van der Waals surface area contributed by atoms with E-state index in [1.807, 2.05) is 41.3 Å². The summed E-state index contributed by atoms with van der Waals surface area (Å²) in [7, 11) is 0. The van der Waals surface area contributed by atoms with E-state index in [0.717, 1.165) is 74.7 Å². The van der Waals surface area contributed by atoms with E-state index in [2.05, 4.69) is 11.4 Å². The molecule has 1 unspecified atom stereocenters. The lowest BCUT2D eigenvalue weighted by atomic mass is 9.81. The van der Waals surface area contributed by atoms with Gasteiger partial charge in [0.15, 0.2) is 0 Å². The molecule has 7 rings (SSSR count). The van der Waals surface area contributed by atoms with E-state index in [1.165, 1.54) is 6.42 Å². The van der Waals surface area contributed by atoms with Gasteiger partial charge in [0.25, 0.3) is 5.91 Å². The summed E-state index contributed by atoms with van der Waals surface area (Å²) in [5, 5.41) is 12.6. The maximum absolute atomic E-state index is 14.8. The minimum atomic E-state index is -1.06. The summed E-state index contributed by atoms with van der Waals surface area (Å²) in [4.78, 5) is 62.0. The molecular formula is C41H45N5O4. The average molecular weight is 672 g/mol. The number of nitrogens with zero attached hydrogens (tertiary/aromatic N) is 4. The Labute approximate surface area is 294 Å². The minimum Gasteiger partial charge on any atom is -0.350 e. The number of hydrogen-bond donors (Lipinski definition) is 1. The highest BCUT2D eigenvalue weighted by atomic mass is 16.2. The van der Waals surface area contributed by atoms with Crippen LogP contribution in [0, 0.1) is 17.2 Å². The van der Waals surface area contributed by atoms with Gasteiger partial charge in [0, 0.05) is 38.2 Å². The summed E-state index contributed by atoms with van der Waals surface area (Å²) in [6.07, 6.45) is 9.49. The van der Waals surface area contributed by atoms with E-state index in [4.69, 9.17) is 0 Å². The third kappa shape index (κ3) is 6.89. The standard InChI is InChI=1S/C41H45N5O4/c42-25-29-13-17-31(18-14-29)37(38(47)43-26-30-15-19-32(20-16-30)39(48)44-21-7-2-8-22-44)46-36(23-28-9-3-1-4-10-28)40(49)45-27-34-12-6-5-11-33(34)24-35(45)41(46)50/h5-6,11-20,28,35-37H,1-4,7-10,21-24,26-27H2,(H,43,47)/t35-,36-,37?/m0/s1. The monoisotopic (exact) mass is 671 g/mol. The number of carbonyl (C=O) groups is 4. The van der Waals surface area contributed by atoms with Gasteiger partial charge in [-0.15, -0.1) is 0 Å². The molecule has 0 spiro atoms. The number of nitrogens with one attached hydrogen (secondary N) is 1. The highest BCUT2D eigenvalue weighted by molar-refractivity contribution is 6.00. The van der Waals surface area contributed by atoms with Gasteiger partial charge in [0.2, 0.25) is 17.7 Å². The molecule has 9 heteroatoms. The molecule has 4 aliphatic rings. The van der Waals surface area contributed by atoms with Gasteiger partial charge in [0.05, 0.1) is 11.6 Å². The van der Waals surface area contributed by atoms with E-state index in [1.54, 1.807) is 46.2 Å². The molecule has 9 nitrogen and oxygen atoms in total. The summed E-state index contributed by atoms with van der Waals surface area (Å²) in [6.45, 7) is 2.12. The molecule has 3 atom stereocenters. The first-order valence-corrected chi connectivity index (χ1v) is 18.3. The predicted molar refractivity (Wildman–Crippen MR) is 188 cm³/mol. The molecule has 3 aromatic rings. The van der Waals surface area contributed by atoms with Gasteiger partial charge >= 0.3 is 0 Å². The molecule has 3 aromatic carbocycles. The Morgan fingerprint density at radius 3 is 2.20 bits per heavy atom. The molecule has 1 saturated carbocycles. The molecule has 0 radical (unpaired) electrons. The summed E-state index contributed by atoms with van der Waals surface area (Å²) in [6, 6.07) is 21.6. The maximum atomic E-state index is 14.8. The second-order valence-electron chi connectivity index (χ2n) is 14.4. The molecule has 0 bridgehead atoms. The van der Waals surface area contributed by atoms with Crippen molar-refractivity contribution in [3.05, 3.63) is 106 Å². The molecule has 2 saturated heterocycles. The molecule has 3 fully saturated rings. The fraction of sp³-hybridized carbons (Fsp3) is 0.439. The molecule has 3 aliphatic heterocycles. The lowest BCUT2D eigenvalue weighted by molar-refractivity contribution is -0.169. The van der Waals surface area contributed by atoms with Crippen LogP contribution in [0.25, 0.3) is 0 Å². The maximum Gasteiger partial charge on any atom is 0.253 e. The van der Waals surface area contributed by atoms with E-state index >= 15 is 0 Å². The van der Waals surface area contributed by atoms with Crippen LogP contribution in [-0.2, 0) is 33.9 Å². The van der Waals surface area contributed by atoms with Crippen molar-refractivity contribution >= 4 is 23.6 Å². The number of amides is 4. The molecule has 3 heterocycles. The summed E-state index contributed by atoms with van der Waals surface area (Å²) < 4.78 is 0. The summed E-state index contributed by atoms with van der Waals surface area (Å²) in [5.74, 6) is -0.391. The zero-order valence-corrected chi connectivity index (χ0v) is 28.6. The van der Waals surface area contributed by atoms with Gasteiger partial charge in [0.1, 0.15) is 18.1 Å². The predicted octanol–water partition coefficient (Wildman–Crippen LogP) is 5.68. The first-order valence-electron chi connectivity index (χ1n) is 18.3. The van der Waals surface area contributed by atoms with Crippen molar-refractivity contribution in [3.8, 4) is 6.07 Å². The summed E-state index contributed by atoms with van der Waals surface area (Å²) >= 11 is 0. The third-order valence-corrected chi connectivity index (χ3v) is 11.2. The van der Waals surface area contributed by atoms with Crippen LogP contribution in [0.4, 0.5) is 0 Å². The Morgan fingerprint density at radius 1 is 0.820 bits per heavy atom. The summed E-state index contributed by atoms with van der Waals surface area (Å²) in [5.41, 5.74) is 4.55. The zero-order chi connectivity index (χ0) is 34.6. The number of hydrogen-bond acceptors (Lipinski definition) is 5. The van der Waals surface area contributed by atoms with Crippen LogP contribution < -0.4 is 5.32 Å². The van der Waals surface area contributed by atoms with Crippen LogP contribution in [0.1, 0.15) is 102 Å². The van der Waals surface area contributed by atoms with E-state index < -0.39 is 18.1 Å². The van der Waals surface area contributed by atoms with Crippen molar-refractivity contribution < 1.29 is 19.2 Å². The Bertz CT molecular complexity index is 1770. The number of rotatable bonds is 8. The lowest BCUT2D eigenvalue weighted by Crippen LogP contribution is -2.67. The van der Waals surface area contributed by atoms with Gasteiger partial charge in [-0.3, -0.25) is 19.2 Å². The Balaban J connectivity index is 1.18. The fourth-order valence-corrected chi connectivity index (χ4v) is 8.38. The van der Waals surface area contributed by atoms with Crippen molar-refractivity contribution in [2.75, 3.05) is 13.1 Å². The van der Waals surface area contributed by atoms with Crippen LogP contribution in [0.3, 0.4) is 0 Å². The number of piperazine rings is 1. The largest absolute Gasteiger partial charge is 0.350 e. The van der Waals surface area contributed by atoms with Gasteiger partial charge < -0.3 is 20.0 Å². The molecule has 258 valence electrons. The number of carbonyl (C=O) groups excluding carboxylic acids is 4. The molecular weight excluding hydrogens is 626 g/mol. The number of benzene rings is 3. The first kappa shape index (κ1) is 33.5. The first-order chi connectivity index (χ1) is 24.4. The normalized spacial score (nSPS) is 21.5. The highest BCUT2D eigenvalue weighted by Gasteiger charge is 2.51. The Morgan fingerprint density at radius 2 is 1.50 bits per heavy atom. The molecule has 4 amide bonds. The van der Waals surface area contributed by atoms with Crippen LogP contribution >= 0.6 is 0 Å². The number of likely N-dealkylation sites (tertiary alicyclic amines) is 1. The Kier molecular flexibility index (Phi) is 9.97. The highest BCUT2D eigenvalue weighted by Crippen LogP contribution is 2.39. The number of piperidine rings is 1. The Hall–Kier alpha value is -4.97. The quantitative estimate of drug-likeness (QED) is 0.331. The van der Waals surface area contributed by atoms with Crippen molar-refractivity contribution in [2.45, 2.75) is 95.4 Å². The van der Waals surface area contributed by atoms with Crippen LogP contribution in [-0.4, -0.2) is 63.5 Å². The van der Waals surface area contributed by atoms with Crippen molar-refractivity contribution in [2.24, 2.45) is 5.92 Å². The van der Waals surface area contributed by atoms with Crippen LogP contribution in [0.2, 0.25) is 0 Å². The van der Waals surface area contributed by atoms with Gasteiger partial charge in [-0.2, -0.15) is 5.26 Å². The van der Waals surface area contributed by atoms with E-state index in [0.29, 0.717) is 36.1 Å². The van der Waals surface area contributed by atoms with Crippen molar-refractivity contribution in [1.82, 2.24) is 20.0 Å². The van der Waals surface area contributed by atoms with E-state index in [9.17, 15) is 24.4 Å². The topological polar surface area (TPSA) is 114 Å². The van der Waals surface area contributed by atoms with Crippen LogP contribution in [0.15, 0.2) is 72.8 Å². The number of nitriles is 1.